The molecule has 0 bridgehead atoms. The average Bonchev–Trinajstić information content (AvgIpc) is 2.61. The first-order valence-corrected chi connectivity index (χ1v) is 12.0. The first-order valence-electron chi connectivity index (χ1n) is 8.10. The lowest BCUT2D eigenvalue weighted by molar-refractivity contribution is 0.392. The van der Waals surface area contributed by atoms with Crippen LogP contribution in [0.5, 0.6) is 0 Å². The van der Waals surface area contributed by atoms with Crippen molar-refractivity contribution in [2.24, 2.45) is 0 Å². The van der Waals surface area contributed by atoms with Crippen LogP contribution in [-0.4, -0.2) is 33.4 Å². The predicted octanol–water partition coefficient (Wildman–Crippen LogP) is 2.96. The SMILES string of the molecule is CCS(=O)(=O)N1CCc2ccc(NS(=O)(=O)c3ccccc3Br)cc2C1. The van der Waals surface area contributed by atoms with Crippen molar-refractivity contribution in [3.63, 3.8) is 0 Å². The lowest BCUT2D eigenvalue weighted by atomic mass is 10.0. The summed E-state index contributed by atoms with van der Waals surface area (Å²) in [6.45, 7) is 2.33. The summed E-state index contributed by atoms with van der Waals surface area (Å²) in [4.78, 5) is 0.146. The summed E-state index contributed by atoms with van der Waals surface area (Å²) in [5.41, 5.74) is 2.27. The minimum absolute atomic E-state index is 0.0523. The molecule has 1 heterocycles. The van der Waals surface area contributed by atoms with Crippen molar-refractivity contribution < 1.29 is 16.8 Å². The Bertz CT molecular complexity index is 1040. The van der Waals surface area contributed by atoms with Gasteiger partial charge in [0, 0.05) is 23.2 Å². The quantitative estimate of drug-likeness (QED) is 0.746. The molecular formula is C17H19BrN2O4S2. The van der Waals surface area contributed by atoms with E-state index in [-0.39, 0.29) is 17.2 Å². The fourth-order valence-corrected chi connectivity index (χ4v) is 6.01. The second kappa shape index (κ2) is 7.30. The van der Waals surface area contributed by atoms with Gasteiger partial charge < -0.3 is 0 Å². The number of halogens is 1. The van der Waals surface area contributed by atoms with E-state index in [1.807, 2.05) is 6.07 Å². The summed E-state index contributed by atoms with van der Waals surface area (Å²) < 4.78 is 53.9. The maximum atomic E-state index is 12.6. The van der Waals surface area contributed by atoms with Crippen LogP contribution in [-0.2, 0) is 33.0 Å². The van der Waals surface area contributed by atoms with Gasteiger partial charge in [-0.15, -0.1) is 0 Å². The number of hydrogen-bond donors (Lipinski definition) is 1. The van der Waals surface area contributed by atoms with Crippen molar-refractivity contribution in [2.75, 3.05) is 17.0 Å². The normalized spacial score (nSPS) is 15.5. The summed E-state index contributed by atoms with van der Waals surface area (Å²) in [5.74, 6) is 0.0523. The van der Waals surface area contributed by atoms with Gasteiger partial charge in [0.2, 0.25) is 10.0 Å². The van der Waals surface area contributed by atoms with E-state index < -0.39 is 20.0 Å². The Morgan fingerprint density at radius 1 is 1.08 bits per heavy atom. The Kier molecular flexibility index (Phi) is 5.43. The van der Waals surface area contributed by atoms with Gasteiger partial charge in [0.25, 0.3) is 10.0 Å². The molecular weight excluding hydrogens is 440 g/mol. The molecule has 0 fully saturated rings. The minimum Gasteiger partial charge on any atom is -0.280 e. The first kappa shape index (κ1) is 19.3. The number of sulfonamides is 2. The monoisotopic (exact) mass is 458 g/mol. The maximum Gasteiger partial charge on any atom is 0.263 e. The van der Waals surface area contributed by atoms with Crippen LogP contribution in [0.1, 0.15) is 18.1 Å². The zero-order chi connectivity index (χ0) is 18.9. The number of hydrogen-bond acceptors (Lipinski definition) is 4. The molecule has 0 radical (unpaired) electrons. The predicted molar refractivity (Wildman–Crippen MR) is 105 cm³/mol. The van der Waals surface area contributed by atoms with Crippen molar-refractivity contribution in [3.8, 4) is 0 Å². The minimum atomic E-state index is -3.75. The van der Waals surface area contributed by atoms with E-state index in [2.05, 4.69) is 20.7 Å². The molecule has 6 nitrogen and oxygen atoms in total. The van der Waals surface area contributed by atoms with Crippen LogP contribution in [0.25, 0.3) is 0 Å². The van der Waals surface area contributed by atoms with Crippen molar-refractivity contribution in [3.05, 3.63) is 58.1 Å². The Morgan fingerprint density at radius 2 is 1.81 bits per heavy atom. The summed E-state index contributed by atoms with van der Waals surface area (Å²) in [6, 6.07) is 11.8. The standard InChI is InChI=1S/C17H19BrN2O4S2/c1-2-25(21,22)20-10-9-13-7-8-15(11-14(13)12-20)19-26(23,24)17-6-4-3-5-16(17)18/h3-8,11,19H,2,9-10,12H2,1H3. The van der Waals surface area contributed by atoms with Gasteiger partial charge in [-0.1, -0.05) is 18.2 Å². The van der Waals surface area contributed by atoms with Gasteiger partial charge in [0.15, 0.2) is 0 Å². The smallest absolute Gasteiger partial charge is 0.263 e. The molecule has 0 saturated carbocycles. The third-order valence-electron chi connectivity index (χ3n) is 4.32. The average molecular weight is 459 g/mol. The highest BCUT2D eigenvalue weighted by atomic mass is 79.9. The molecule has 1 aliphatic heterocycles. The lowest BCUT2D eigenvalue weighted by Gasteiger charge is -2.28. The number of nitrogens with zero attached hydrogens (tertiary/aromatic N) is 1. The lowest BCUT2D eigenvalue weighted by Crippen LogP contribution is -2.36. The molecule has 0 aromatic heterocycles. The van der Waals surface area contributed by atoms with Crippen LogP contribution in [0.4, 0.5) is 5.69 Å². The van der Waals surface area contributed by atoms with Crippen LogP contribution in [0.15, 0.2) is 51.8 Å². The highest BCUT2D eigenvalue weighted by molar-refractivity contribution is 9.10. The molecule has 1 aliphatic rings. The van der Waals surface area contributed by atoms with Gasteiger partial charge in [0.05, 0.1) is 5.75 Å². The second-order valence-corrected chi connectivity index (χ2v) is 10.8. The summed E-state index contributed by atoms with van der Waals surface area (Å²) >= 11 is 3.25. The van der Waals surface area contributed by atoms with E-state index in [0.717, 1.165) is 11.1 Å². The molecule has 0 amide bonds. The number of nitrogens with one attached hydrogen (secondary N) is 1. The van der Waals surface area contributed by atoms with Gasteiger partial charge in [0.1, 0.15) is 4.90 Å². The highest BCUT2D eigenvalue weighted by Crippen LogP contribution is 2.27. The third-order valence-corrected chi connectivity index (χ3v) is 8.54. The van der Waals surface area contributed by atoms with E-state index in [1.165, 1.54) is 10.4 Å². The van der Waals surface area contributed by atoms with E-state index in [0.29, 0.717) is 23.1 Å². The largest absolute Gasteiger partial charge is 0.280 e. The van der Waals surface area contributed by atoms with Crippen LogP contribution >= 0.6 is 15.9 Å². The van der Waals surface area contributed by atoms with Crippen molar-refractivity contribution in [2.45, 2.75) is 24.8 Å². The van der Waals surface area contributed by atoms with E-state index >= 15 is 0 Å². The molecule has 0 aliphatic carbocycles. The maximum absolute atomic E-state index is 12.6. The highest BCUT2D eigenvalue weighted by Gasteiger charge is 2.26. The van der Waals surface area contributed by atoms with Crippen molar-refractivity contribution in [1.82, 2.24) is 4.31 Å². The molecule has 2 aromatic rings. The number of fused-ring (bicyclic) bond motifs is 1. The van der Waals surface area contributed by atoms with Crippen molar-refractivity contribution in [1.29, 1.82) is 0 Å². The Hall–Kier alpha value is -1.42. The van der Waals surface area contributed by atoms with Crippen molar-refractivity contribution >= 4 is 41.7 Å². The molecule has 140 valence electrons. The molecule has 0 unspecified atom stereocenters. The molecule has 26 heavy (non-hydrogen) atoms. The fourth-order valence-electron chi connectivity index (χ4n) is 2.89. The molecule has 0 spiro atoms. The van der Waals surface area contributed by atoms with Crippen LogP contribution < -0.4 is 4.72 Å². The summed E-state index contributed by atoms with van der Waals surface area (Å²) in [5, 5.41) is 0. The first-order chi connectivity index (χ1) is 12.2. The van der Waals surface area contributed by atoms with Gasteiger partial charge in [-0.25, -0.2) is 16.8 Å². The van der Waals surface area contributed by atoms with Crippen LogP contribution in [0, 0.1) is 0 Å². The number of anilines is 1. The van der Waals surface area contributed by atoms with E-state index in [1.54, 1.807) is 37.3 Å². The summed E-state index contributed by atoms with van der Waals surface area (Å²) in [7, 11) is -7.02. The van der Waals surface area contributed by atoms with Gasteiger partial charge in [-0.2, -0.15) is 4.31 Å². The Labute approximate surface area is 162 Å². The molecule has 2 aromatic carbocycles. The molecule has 3 rings (SSSR count). The van der Waals surface area contributed by atoms with Gasteiger partial charge >= 0.3 is 0 Å². The number of rotatable bonds is 5. The Balaban J connectivity index is 1.88. The van der Waals surface area contributed by atoms with Gasteiger partial charge in [-0.05, 0) is 64.7 Å². The molecule has 1 N–H and O–H groups in total. The van der Waals surface area contributed by atoms with Gasteiger partial charge in [-0.3, -0.25) is 4.72 Å². The van der Waals surface area contributed by atoms with E-state index in [4.69, 9.17) is 0 Å². The number of benzene rings is 2. The van der Waals surface area contributed by atoms with Crippen LogP contribution in [0.2, 0.25) is 0 Å². The topological polar surface area (TPSA) is 83.6 Å². The fraction of sp³-hybridized carbons (Fsp3) is 0.294. The second-order valence-electron chi connectivity index (χ2n) is 6.00. The Morgan fingerprint density at radius 3 is 2.50 bits per heavy atom. The molecule has 0 saturated heterocycles. The summed E-state index contributed by atoms with van der Waals surface area (Å²) in [6.07, 6.45) is 0.617. The van der Waals surface area contributed by atoms with E-state index in [9.17, 15) is 16.8 Å². The molecule has 0 atom stereocenters. The zero-order valence-corrected chi connectivity index (χ0v) is 17.4. The third kappa shape index (κ3) is 3.95. The van der Waals surface area contributed by atoms with Crippen LogP contribution in [0.3, 0.4) is 0 Å². The molecule has 9 heteroatoms. The zero-order valence-electron chi connectivity index (χ0n) is 14.1.